The molecule has 2 rings (SSSR count). The van der Waals surface area contributed by atoms with Crippen molar-refractivity contribution >= 4 is 23.5 Å². The molecule has 112 valence electrons. The van der Waals surface area contributed by atoms with Gasteiger partial charge in [-0.2, -0.15) is 15.0 Å². The summed E-state index contributed by atoms with van der Waals surface area (Å²) < 4.78 is 0. The van der Waals surface area contributed by atoms with Crippen molar-refractivity contribution in [2.45, 2.75) is 51.0 Å². The van der Waals surface area contributed by atoms with E-state index in [2.05, 4.69) is 32.5 Å². The third kappa shape index (κ3) is 3.93. The molecule has 1 aliphatic carbocycles. The fourth-order valence-electron chi connectivity index (χ4n) is 2.51. The first-order valence-corrected chi connectivity index (χ1v) is 7.60. The molecule has 0 amide bonds. The molecule has 0 spiro atoms. The minimum absolute atomic E-state index is 0.0774. The molecule has 3 N–H and O–H groups in total. The Hall–Kier alpha value is -1.14. The molecule has 1 aromatic heterocycles. The van der Waals surface area contributed by atoms with E-state index in [1.807, 2.05) is 0 Å². The van der Waals surface area contributed by atoms with Gasteiger partial charge < -0.3 is 15.7 Å². The lowest BCUT2D eigenvalue weighted by Gasteiger charge is -2.36. The summed E-state index contributed by atoms with van der Waals surface area (Å²) in [5.41, 5.74) is -0.328. The largest absolute Gasteiger partial charge is 0.394 e. The molecule has 6 nitrogen and oxygen atoms in total. The van der Waals surface area contributed by atoms with Gasteiger partial charge in [-0.1, -0.05) is 26.2 Å². The van der Waals surface area contributed by atoms with Crippen LogP contribution in [0.2, 0.25) is 5.28 Å². The van der Waals surface area contributed by atoms with Gasteiger partial charge in [0, 0.05) is 6.54 Å². The zero-order chi connectivity index (χ0) is 14.4. The molecule has 1 heterocycles. The second-order valence-corrected chi connectivity index (χ2v) is 5.64. The van der Waals surface area contributed by atoms with E-state index in [-0.39, 0.29) is 17.4 Å². The van der Waals surface area contributed by atoms with Crippen LogP contribution in [0.5, 0.6) is 0 Å². The number of anilines is 2. The van der Waals surface area contributed by atoms with E-state index in [0.29, 0.717) is 11.9 Å². The number of hydrogen-bond acceptors (Lipinski definition) is 6. The minimum Gasteiger partial charge on any atom is -0.394 e. The fraction of sp³-hybridized carbons (Fsp3) is 0.769. The summed E-state index contributed by atoms with van der Waals surface area (Å²) in [6.07, 6.45) is 6.24. The zero-order valence-electron chi connectivity index (χ0n) is 11.8. The summed E-state index contributed by atoms with van der Waals surface area (Å²) in [6.45, 7) is 2.93. The van der Waals surface area contributed by atoms with Crippen LogP contribution >= 0.6 is 11.6 Å². The highest BCUT2D eigenvalue weighted by Gasteiger charge is 2.32. The van der Waals surface area contributed by atoms with E-state index in [0.717, 1.165) is 38.6 Å². The Bertz CT molecular complexity index is 437. The van der Waals surface area contributed by atoms with Crippen molar-refractivity contribution in [2.75, 3.05) is 23.8 Å². The van der Waals surface area contributed by atoms with Gasteiger partial charge in [0.05, 0.1) is 12.1 Å². The monoisotopic (exact) mass is 299 g/mol. The molecule has 1 saturated carbocycles. The van der Waals surface area contributed by atoms with Crippen molar-refractivity contribution < 1.29 is 5.11 Å². The summed E-state index contributed by atoms with van der Waals surface area (Å²) in [7, 11) is 0. The van der Waals surface area contributed by atoms with Crippen LogP contribution in [-0.4, -0.2) is 38.7 Å². The Kier molecular flexibility index (Phi) is 5.37. The van der Waals surface area contributed by atoms with Gasteiger partial charge in [0.1, 0.15) is 0 Å². The molecule has 0 aliphatic heterocycles. The number of nitrogens with zero attached hydrogens (tertiary/aromatic N) is 3. The topological polar surface area (TPSA) is 83.0 Å². The molecule has 0 atom stereocenters. The van der Waals surface area contributed by atoms with Crippen LogP contribution in [0, 0.1) is 0 Å². The predicted octanol–water partition coefficient (Wildman–Crippen LogP) is 2.45. The molecule has 0 unspecified atom stereocenters. The lowest BCUT2D eigenvalue weighted by atomic mass is 9.82. The van der Waals surface area contributed by atoms with Crippen molar-refractivity contribution in [1.29, 1.82) is 0 Å². The number of halogens is 1. The standard InChI is InChI=1S/C13H22ClN5O/c1-2-8-15-11-16-10(14)17-12(18-11)19-13(9-20)6-4-3-5-7-13/h20H,2-9H2,1H3,(H2,15,16,17,18,19). The molecular formula is C13H22ClN5O. The molecule has 20 heavy (non-hydrogen) atoms. The number of rotatable bonds is 6. The molecule has 7 heteroatoms. The quantitative estimate of drug-likeness (QED) is 0.748. The fourth-order valence-corrected chi connectivity index (χ4v) is 2.67. The van der Waals surface area contributed by atoms with Crippen LogP contribution in [0.4, 0.5) is 11.9 Å². The molecule has 1 aliphatic rings. The van der Waals surface area contributed by atoms with Crippen LogP contribution < -0.4 is 10.6 Å². The average Bonchev–Trinajstić information content (AvgIpc) is 2.45. The summed E-state index contributed by atoms with van der Waals surface area (Å²) in [6, 6.07) is 0. The van der Waals surface area contributed by atoms with Crippen molar-refractivity contribution in [2.24, 2.45) is 0 Å². The van der Waals surface area contributed by atoms with Gasteiger partial charge in [-0.3, -0.25) is 0 Å². The average molecular weight is 300 g/mol. The number of nitrogens with one attached hydrogen (secondary N) is 2. The molecule has 0 radical (unpaired) electrons. The van der Waals surface area contributed by atoms with Crippen molar-refractivity contribution in [1.82, 2.24) is 15.0 Å². The van der Waals surface area contributed by atoms with Gasteiger partial charge in [-0.15, -0.1) is 0 Å². The highest BCUT2D eigenvalue weighted by atomic mass is 35.5. The van der Waals surface area contributed by atoms with Crippen LogP contribution in [0.15, 0.2) is 0 Å². The summed E-state index contributed by atoms with van der Waals surface area (Å²) in [5, 5.41) is 16.2. The normalized spacial score (nSPS) is 17.8. The van der Waals surface area contributed by atoms with E-state index in [4.69, 9.17) is 11.6 Å². The first-order valence-electron chi connectivity index (χ1n) is 7.22. The van der Waals surface area contributed by atoms with Gasteiger partial charge in [-0.25, -0.2) is 0 Å². The lowest BCUT2D eigenvalue weighted by Crippen LogP contribution is -2.44. The SMILES string of the molecule is CCCNc1nc(Cl)nc(NC2(CO)CCCCC2)n1. The van der Waals surface area contributed by atoms with Crippen LogP contribution in [0.25, 0.3) is 0 Å². The Balaban J connectivity index is 2.12. The summed E-state index contributed by atoms with van der Waals surface area (Å²) >= 11 is 5.93. The number of hydrogen-bond donors (Lipinski definition) is 3. The maximum atomic E-state index is 9.70. The third-order valence-corrected chi connectivity index (χ3v) is 3.80. The van der Waals surface area contributed by atoms with Gasteiger partial charge in [0.15, 0.2) is 0 Å². The van der Waals surface area contributed by atoms with Gasteiger partial charge in [0.25, 0.3) is 0 Å². The van der Waals surface area contributed by atoms with E-state index in [1.165, 1.54) is 6.42 Å². The van der Waals surface area contributed by atoms with E-state index in [9.17, 15) is 5.11 Å². The van der Waals surface area contributed by atoms with Crippen molar-refractivity contribution in [3.8, 4) is 0 Å². The van der Waals surface area contributed by atoms with E-state index < -0.39 is 0 Å². The first kappa shape index (κ1) is 15.3. The Morgan fingerprint density at radius 2 is 1.85 bits per heavy atom. The smallest absolute Gasteiger partial charge is 0.229 e. The van der Waals surface area contributed by atoms with Gasteiger partial charge in [-0.05, 0) is 30.9 Å². The molecule has 0 bridgehead atoms. The summed E-state index contributed by atoms with van der Waals surface area (Å²) in [4.78, 5) is 12.5. The highest BCUT2D eigenvalue weighted by Crippen LogP contribution is 2.30. The molecular weight excluding hydrogens is 278 g/mol. The molecule has 0 saturated heterocycles. The second-order valence-electron chi connectivity index (χ2n) is 5.30. The molecule has 1 fully saturated rings. The third-order valence-electron chi connectivity index (χ3n) is 3.63. The maximum absolute atomic E-state index is 9.70. The first-order chi connectivity index (χ1) is 9.67. The highest BCUT2D eigenvalue weighted by molar-refractivity contribution is 6.28. The Morgan fingerprint density at radius 1 is 1.15 bits per heavy atom. The maximum Gasteiger partial charge on any atom is 0.229 e. The summed E-state index contributed by atoms with van der Waals surface area (Å²) in [5.74, 6) is 0.901. The number of aliphatic hydroxyl groups is 1. The van der Waals surface area contributed by atoms with Crippen LogP contribution in [0.3, 0.4) is 0 Å². The predicted molar refractivity (Wildman–Crippen MR) is 80.1 cm³/mol. The van der Waals surface area contributed by atoms with Crippen molar-refractivity contribution in [3.63, 3.8) is 0 Å². The van der Waals surface area contributed by atoms with E-state index >= 15 is 0 Å². The number of aliphatic hydroxyl groups excluding tert-OH is 1. The molecule has 0 aromatic carbocycles. The van der Waals surface area contributed by atoms with Crippen molar-refractivity contribution in [3.05, 3.63) is 5.28 Å². The van der Waals surface area contributed by atoms with Gasteiger partial charge in [0.2, 0.25) is 17.2 Å². The second kappa shape index (κ2) is 7.04. The Morgan fingerprint density at radius 3 is 2.50 bits per heavy atom. The number of aromatic nitrogens is 3. The minimum atomic E-state index is -0.328. The Labute approximate surface area is 124 Å². The van der Waals surface area contributed by atoms with E-state index in [1.54, 1.807) is 0 Å². The van der Waals surface area contributed by atoms with Gasteiger partial charge >= 0.3 is 0 Å². The molecule has 1 aromatic rings. The van der Waals surface area contributed by atoms with Crippen LogP contribution in [-0.2, 0) is 0 Å². The zero-order valence-corrected chi connectivity index (χ0v) is 12.6. The van der Waals surface area contributed by atoms with Crippen LogP contribution in [0.1, 0.15) is 45.4 Å². The lowest BCUT2D eigenvalue weighted by molar-refractivity contribution is 0.172.